The summed E-state index contributed by atoms with van der Waals surface area (Å²) in [6.07, 6.45) is 1.52. The third-order valence-electron chi connectivity index (χ3n) is 5.57. The molecule has 2 heterocycles. The zero-order valence-corrected chi connectivity index (χ0v) is 15.8. The van der Waals surface area contributed by atoms with Gasteiger partial charge in [-0.1, -0.05) is 25.1 Å². The van der Waals surface area contributed by atoms with Crippen molar-refractivity contribution in [3.05, 3.63) is 53.6 Å². The van der Waals surface area contributed by atoms with Crippen LogP contribution in [0.5, 0.6) is 17.2 Å². The zero-order valence-electron chi connectivity index (χ0n) is 15.8. The van der Waals surface area contributed by atoms with Gasteiger partial charge in [0.2, 0.25) is 12.7 Å². The van der Waals surface area contributed by atoms with Gasteiger partial charge in [0, 0.05) is 25.4 Å². The Morgan fingerprint density at radius 2 is 1.96 bits per heavy atom. The Hall–Kier alpha value is -2.69. The highest BCUT2D eigenvalue weighted by atomic mass is 16.7. The molecule has 5 nitrogen and oxygen atoms in total. The number of amides is 1. The van der Waals surface area contributed by atoms with Crippen LogP contribution in [0.3, 0.4) is 0 Å². The Labute approximate surface area is 159 Å². The van der Waals surface area contributed by atoms with E-state index in [2.05, 4.69) is 19.1 Å². The maximum absolute atomic E-state index is 12.8. The Morgan fingerprint density at radius 1 is 1.19 bits per heavy atom. The van der Waals surface area contributed by atoms with Crippen LogP contribution in [0.25, 0.3) is 0 Å². The second-order valence-electron chi connectivity index (χ2n) is 7.32. The molecule has 2 aromatic rings. The first-order valence-corrected chi connectivity index (χ1v) is 9.45. The van der Waals surface area contributed by atoms with E-state index in [1.165, 1.54) is 5.56 Å². The van der Waals surface area contributed by atoms with Crippen molar-refractivity contribution in [2.75, 3.05) is 27.0 Å². The van der Waals surface area contributed by atoms with Crippen LogP contribution in [0.15, 0.2) is 42.5 Å². The van der Waals surface area contributed by atoms with E-state index in [-0.39, 0.29) is 18.6 Å². The topological polar surface area (TPSA) is 48.0 Å². The normalized spacial score (nSPS) is 19.2. The monoisotopic (exact) mass is 367 g/mol. The average Bonchev–Trinajstić information content (AvgIpc) is 3.36. The predicted octanol–water partition coefficient (Wildman–Crippen LogP) is 3.93. The lowest BCUT2D eigenvalue weighted by molar-refractivity contribution is -0.130. The molecular formula is C22H25NO4. The number of hydrogen-bond acceptors (Lipinski definition) is 4. The van der Waals surface area contributed by atoms with Gasteiger partial charge in [0.05, 0.1) is 7.11 Å². The molecule has 2 aromatic carbocycles. The van der Waals surface area contributed by atoms with Crippen LogP contribution in [0.2, 0.25) is 0 Å². The highest BCUT2D eigenvalue weighted by Gasteiger charge is 2.29. The minimum Gasteiger partial charge on any atom is -0.497 e. The van der Waals surface area contributed by atoms with E-state index in [4.69, 9.17) is 14.2 Å². The summed E-state index contributed by atoms with van der Waals surface area (Å²) in [6, 6.07) is 14.1. The van der Waals surface area contributed by atoms with Gasteiger partial charge in [0.25, 0.3) is 0 Å². The average molecular weight is 367 g/mol. The van der Waals surface area contributed by atoms with Crippen LogP contribution in [-0.2, 0) is 4.79 Å². The van der Waals surface area contributed by atoms with E-state index in [0.29, 0.717) is 12.3 Å². The molecule has 2 atom stereocenters. The van der Waals surface area contributed by atoms with Gasteiger partial charge in [0.15, 0.2) is 11.5 Å². The van der Waals surface area contributed by atoms with Gasteiger partial charge >= 0.3 is 0 Å². The molecule has 27 heavy (non-hydrogen) atoms. The van der Waals surface area contributed by atoms with Crippen molar-refractivity contribution in [1.82, 2.24) is 4.90 Å². The Morgan fingerprint density at radius 3 is 2.74 bits per heavy atom. The summed E-state index contributed by atoms with van der Waals surface area (Å²) in [5.41, 5.74) is 2.38. The van der Waals surface area contributed by atoms with Crippen LogP contribution in [-0.4, -0.2) is 37.8 Å². The molecule has 0 aliphatic carbocycles. The molecule has 2 unspecified atom stereocenters. The highest BCUT2D eigenvalue weighted by Crippen LogP contribution is 2.37. The molecule has 1 fully saturated rings. The molecule has 1 amide bonds. The number of likely N-dealkylation sites (tertiary alicyclic amines) is 1. The lowest BCUT2D eigenvalue weighted by Gasteiger charge is -2.20. The highest BCUT2D eigenvalue weighted by molar-refractivity contribution is 5.77. The fourth-order valence-corrected chi connectivity index (χ4v) is 3.87. The first-order chi connectivity index (χ1) is 13.1. The summed E-state index contributed by atoms with van der Waals surface area (Å²) in [4.78, 5) is 14.8. The van der Waals surface area contributed by atoms with Crippen molar-refractivity contribution in [3.63, 3.8) is 0 Å². The molecule has 0 saturated carbocycles. The Balaban J connectivity index is 1.36. The largest absolute Gasteiger partial charge is 0.497 e. The SMILES string of the molecule is COc1ccc(C(C)CC(=O)N2CCC(c3ccc4c(c3)OCO4)C2)cc1. The molecule has 0 bridgehead atoms. The van der Waals surface area contributed by atoms with Gasteiger partial charge in [0.1, 0.15) is 5.75 Å². The first kappa shape index (κ1) is 17.7. The van der Waals surface area contributed by atoms with Gasteiger partial charge in [-0.2, -0.15) is 0 Å². The molecule has 5 heteroatoms. The minimum atomic E-state index is 0.188. The smallest absolute Gasteiger partial charge is 0.231 e. The number of nitrogens with zero attached hydrogens (tertiary/aromatic N) is 1. The van der Waals surface area contributed by atoms with Crippen molar-refractivity contribution >= 4 is 5.91 Å². The second-order valence-corrected chi connectivity index (χ2v) is 7.32. The van der Waals surface area contributed by atoms with E-state index in [9.17, 15) is 4.79 Å². The third-order valence-corrected chi connectivity index (χ3v) is 5.57. The summed E-state index contributed by atoms with van der Waals surface area (Å²) in [5.74, 6) is 3.22. The van der Waals surface area contributed by atoms with Crippen LogP contribution in [0.4, 0.5) is 0 Å². The van der Waals surface area contributed by atoms with Crippen molar-refractivity contribution in [1.29, 1.82) is 0 Å². The van der Waals surface area contributed by atoms with E-state index < -0.39 is 0 Å². The maximum Gasteiger partial charge on any atom is 0.231 e. The van der Waals surface area contributed by atoms with Crippen molar-refractivity contribution in [2.24, 2.45) is 0 Å². The molecular weight excluding hydrogens is 342 g/mol. The number of carbonyl (C=O) groups is 1. The summed E-state index contributed by atoms with van der Waals surface area (Å²) in [6.45, 7) is 3.98. The number of methoxy groups -OCH3 is 1. The molecule has 4 rings (SSSR count). The fourth-order valence-electron chi connectivity index (χ4n) is 3.87. The maximum atomic E-state index is 12.8. The van der Waals surface area contributed by atoms with Crippen LogP contribution in [0, 0.1) is 0 Å². The van der Waals surface area contributed by atoms with Crippen molar-refractivity contribution in [2.45, 2.75) is 31.6 Å². The number of benzene rings is 2. The molecule has 2 aliphatic rings. The van der Waals surface area contributed by atoms with Gasteiger partial charge in [-0.3, -0.25) is 4.79 Å². The van der Waals surface area contributed by atoms with E-state index >= 15 is 0 Å². The second kappa shape index (κ2) is 7.51. The first-order valence-electron chi connectivity index (χ1n) is 9.45. The lowest BCUT2D eigenvalue weighted by Crippen LogP contribution is -2.29. The molecule has 0 N–H and O–H groups in total. The fraction of sp³-hybridized carbons (Fsp3) is 0.409. The number of rotatable bonds is 5. The van der Waals surface area contributed by atoms with Gasteiger partial charge < -0.3 is 19.1 Å². The molecule has 1 saturated heterocycles. The lowest BCUT2D eigenvalue weighted by atomic mass is 9.97. The number of ether oxygens (including phenoxy) is 3. The predicted molar refractivity (Wildman–Crippen MR) is 103 cm³/mol. The Kier molecular flexibility index (Phi) is 4.92. The van der Waals surface area contributed by atoms with E-state index in [1.807, 2.05) is 35.2 Å². The van der Waals surface area contributed by atoms with Gasteiger partial charge in [-0.05, 0) is 47.7 Å². The quantitative estimate of drug-likeness (QED) is 0.803. The summed E-state index contributed by atoms with van der Waals surface area (Å²) < 4.78 is 16.1. The number of fused-ring (bicyclic) bond motifs is 1. The van der Waals surface area contributed by atoms with Crippen LogP contribution in [0.1, 0.15) is 42.7 Å². The molecule has 0 radical (unpaired) electrons. The molecule has 0 aromatic heterocycles. The third kappa shape index (κ3) is 3.72. The van der Waals surface area contributed by atoms with E-state index in [1.54, 1.807) is 7.11 Å². The van der Waals surface area contributed by atoms with E-state index in [0.717, 1.165) is 42.3 Å². The molecule has 2 aliphatic heterocycles. The molecule has 142 valence electrons. The van der Waals surface area contributed by atoms with Crippen molar-refractivity contribution in [3.8, 4) is 17.2 Å². The Bertz CT molecular complexity index is 818. The number of carbonyl (C=O) groups excluding carboxylic acids is 1. The zero-order chi connectivity index (χ0) is 18.8. The minimum absolute atomic E-state index is 0.188. The van der Waals surface area contributed by atoms with Gasteiger partial charge in [-0.15, -0.1) is 0 Å². The molecule has 0 spiro atoms. The van der Waals surface area contributed by atoms with Crippen LogP contribution < -0.4 is 14.2 Å². The number of hydrogen-bond donors (Lipinski definition) is 0. The van der Waals surface area contributed by atoms with Gasteiger partial charge in [-0.25, -0.2) is 0 Å². The summed E-state index contributed by atoms with van der Waals surface area (Å²) >= 11 is 0. The van der Waals surface area contributed by atoms with Crippen LogP contribution >= 0.6 is 0 Å². The summed E-state index contributed by atoms with van der Waals surface area (Å²) in [5, 5.41) is 0. The summed E-state index contributed by atoms with van der Waals surface area (Å²) in [7, 11) is 1.66. The van der Waals surface area contributed by atoms with Crippen molar-refractivity contribution < 1.29 is 19.0 Å². The standard InChI is InChI=1S/C22H25NO4/c1-15(16-3-6-19(25-2)7-4-16)11-22(24)23-10-9-18(13-23)17-5-8-20-21(12-17)27-14-26-20/h3-8,12,15,18H,9-11,13-14H2,1-2H3.